The van der Waals surface area contributed by atoms with Gasteiger partial charge in [0.1, 0.15) is 25.5 Å². The van der Waals surface area contributed by atoms with E-state index in [2.05, 4.69) is 30.7 Å². The van der Waals surface area contributed by atoms with E-state index in [1.807, 2.05) is 0 Å². The van der Waals surface area contributed by atoms with Crippen LogP contribution in [-0.4, -0.2) is 51.8 Å². The number of nitrogens with one attached hydrogen (secondary N) is 1. The van der Waals surface area contributed by atoms with Crippen molar-refractivity contribution in [2.45, 2.75) is 45.0 Å². The van der Waals surface area contributed by atoms with Gasteiger partial charge in [0, 0.05) is 18.3 Å². The Kier molecular flexibility index (Phi) is 5.78. The summed E-state index contributed by atoms with van der Waals surface area (Å²) in [5.41, 5.74) is 1.85. The average molecular weight is 343 g/mol. The molecular formula is C15H23ClN4O3. The third-order valence-corrected chi connectivity index (χ3v) is 4.29. The van der Waals surface area contributed by atoms with Gasteiger partial charge in [-0.2, -0.15) is 0 Å². The Bertz CT molecular complexity index is 525. The number of nitrogens with zero attached hydrogens (tertiary/aromatic N) is 3. The minimum atomic E-state index is -1.16. The molecule has 1 fully saturated rings. The van der Waals surface area contributed by atoms with E-state index in [4.69, 9.17) is 16.3 Å². The van der Waals surface area contributed by atoms with Crippen molar-refractivity contribution < 1.29 is 19.5 Å². The molecule has 0 spiro atoms. The van der Waals surface area contributed by atoms with Crippen molar-refractivity contribution in [1.29, 1.82) is 0 Å². The first kappa shape index (κ1) is 17.9. The largest absolute Gasteiger partial charge is 0.530 e. The summed E-state index contributed by atoms with van der Waals surface area (Å²) in [5, 5.41) is 10.4. The molecule has 2 unspecified atom stereocenters. The SMILES string of the molecule is CC(C)(C)[NH+]1CCOC(Cl)C1.O=C([O-])N1Cc2cncnc2C1. The number of hydrogen-bond donors (Lipinski definition) is 1. The number of carboxylic acid groups (broad SMARTS) is 1. The average Bonchev–Trinajstić information content (AvgIpc) is 2.91. The lowest BCUT2D eigenvalue weighted by Gasteiger charge is -2.36. The summed E-state index contributed by atoms with van der Waals surface area (Å²) >= 11 is 5.87. The summed E-state index contributed by atoms with van der Waals surface area (Å²) in [6, 6.07) is 0. The molecule has 2 aliphatic rings. The van der Waals surface area contributed by atoms with Crippen molar-refractivity contribution in [3.05, 3.63) is 23.8 Å². The zero-order valence-corrected chi connectivity index (χ0v) is 14.5. The molecule has 3 heterocycles. The molecule has 0 radical (unpaired) electrons. The van der Waals surface area contributed by atoms with Gasteiger partial charge in [-0.1, -0.05) is 11.6 Å². The van der Waals surface area contributed by atoms with Crippen LogP contribution in [0.4, 0.5) is 4.79 Å². The predicted molar refractivity (Wildman–Crippen MR) is 82.7 cm³/mol. The summed E-state index contributed by atoms with van der Waals surface area (Å²) in [6.45, 7) is 10.2. The number of morpholine rings is 1. The highest BCUT2D eigenvalue weighted by Crippen LogP contribution is 2.18. The monoisotopic (exact) mass is 342 g/mol. The maximum Gasteiger partial charge on any atom is 0.179 e. The summed E-state index contributed by atoms with van der Waals surface area (Å²) in [5.74, 6) is 0. The van der Waals surface area contributed by atoms with Gasteiger partial charge >= 0.3 is 0 Å². The maximum atomic E-state index is 10.4. The zero-order valence-electron chi connectivity index (χ0n) is 13.7. The fourth-order valence-corrected chi connectivity index (χ4v) is 2.85. The Hall–Kier alpha value is -1.44. The number of halogens is 1. The standard InChI is InChI=1S/C8H16ClNO.C7H7N3O2/c1-8(2,3)10-4-5-11-7(9)6-10;11-7(12)10-2-5-1-8-4-9-6(5)3-10/h7H,4-6H2,1-3H3;1,4H,2-3H2,(H,11,12). The molecule has 1 N–H and O–H groups in total. The van der Waals surface area contributed by atoms with E-state index in [0.29, 0.717) is 18.6 Å². The van der Waals surface area contributed by atoms with Crippen LogP contribution in [-0.2, 0) is 17.8 Å². The van der Waals surface area contributed by atoms with Gasteiger partial charge in [0.05, 0.1) is 24.4 Å². The number of carbonyl (C=O) groups excluding carboxylic acids is 1. The molecule has 0 saturated carbocycles. The van der Waals surface area contributed by atoms with E-state index >= 15 is 0 Å². The van der Waals surface area contributed by atoms with Gasteiger partial charge in [-0.25, -0.2) is 9.97 Å². The van der Waals surface area contributed by atoms with Crippen LogP contribution in [0, 0.1) is 0 Å². The second-order valence-corrected chi connectivity index (χ2v) is 7.19. The van der Waals surface area contributed by atoms with Gasteiger partial charge in [0.2, 0.25) is 0 Å². The minimum absolute atomic E-state index is 0.0852. The molecule has 2 atom stereocenters. The zero-order chi connectivity index (χ0) is 17.0. The van der Waals surface area contributed by atoms with Gasteiger partial charge in [0.25, 0.3) is 0 Å². The van der Waals surface area contributed by atoms with Crippen molar-refractivity contribution in [1.82, 2.24) is 14.9 Å². The third-order valence-electron chi connectivity index (χ3n) is 4.01. The number of hydrogen-bond acceptors (Lipinski definition) is 5. The molecule has 7 nitrogen and oxygen atoms in total. The van der Waals surface area contributed by atoms with E-state index < -0.39 is 6.09 Å². The Labute approximate surface area is 141 Å². The Balaban J connectivity index is 0.000000168. The molecule has 0 bridgehead atoms. The molecule has 3 rings (SSSR count). The number of ether oxygens (including phenoxy) is 1. The molecule has 23 heavy (non-hydrogen) atoms. The number of rotatable bonds is 0. The molecule has 0 aromatic carbocycles. The van der Waals surface area contributed by atoms with Crippen molar-refractivity contribution in [2.24, 2.45) is 0 Å². The minimum Gasteiger partial charge on any atom is -0.530 e. The number of aromatic nitrogens is 2. The van der Waals surface area contributed by atoms with Crippen LogP contribution in [0.2, 0.25) is 0 Å². The van der Waals surface area contributed by atoms with Gasteiger partial charge in [-0.15, -0.1) is 0 Å². The molecule has 2 aliphatic heterocycles. The molecule has 0 aliphatic carbocycles. The highest BCUT2D eigenvalue weighted by atomic mass is 35.5. The molecule has 1 saturated heterocycles. The van der Waals surface area contributed by atoms with Crippen LogP contribution < -0.4 is 10.0 Å². The number of quaternary nitrogens is 1. The molecule has 8 heteroatoms. The number of fused-ring (bicyclic) bond motifs is 1. The molecule has 1 aromatic heterocycles. The highest BCUT2D eigenvalue weighted by molar-refractivity contribution is 6.19. The second kappa shape index (κ2) is 7.42. The molecule has 128 valence electrons. The second-order valence-electron chi connectivity index (χ2n) is 6.71. The van der Waals surface area contributed by atoms with Crippen LogP contribution in [0.3, 0.4) is 0 Å². The van der Waals surface area contributed by atoms with E-state index in [1.165, 1.54) is 16.1 Å². The Morgan fingerprint density at radius 2 is 2.22 bits per heavy atom. The van der Waals surface area contributed by atoms with Crippen LogP contribution in [0.25, 0.3) is 0 Å². The van der Waals surface area contributed by atoms with Gasteiger partial charge < -0.3 is 24.4 Å². The maximum absolute atomic E-state index is 10.4. The lowest BCUT2D eigenvalue weighted by atomic mass is 10.1. The quantitative estimate of drug-likeness (QED) is 0.637. The lowest BCUT2D eigenvalue weighted by molar-refractivity contribution is -0.955. The van der Waals surface area contributed by atoms with Gasteiger partial charge in [-0.3, -0.25) is 0 Å². The Morgan fingerprint density at radius 3 is 2.74 bits per heavy atom. The first-order chi connectivity index (χ1) is 10.8. The van der Waals surface area contributed by atoms with Crippen molar-refractivity contribution in [3.63, 3.8) is 0 Å². The van der Waals surface area contributed by atoms with Crippen LogP contribution in [0.5, 0.6) is 0 Å². The molecule has 1 amide bonds. The van der Waals surface area contributed by atoms with E-state index in [9.17, 15) is 9.90 Å². The Morgan fingerprint density at radius 1 is 1.48 bits per heavy atom. The van der Waals surface area contributed by atoms with Crippen molar-refractivity contribution in [3.8, 4) is 0 Å². The predicted octanol–water partition coefficient (Wildman–Crippen LogP) is -0.600. The fraction of sp³-hybridized carbons (Fsp3) is 0.667. The normalized spacial score (nSPS) is 23.7. The summed E-state index contributed by atoms with van der Waals surface area (Å²) < 4.78 is 5.25. The summed E-state index contributed by atoms with van der Waals surface area (Å²) in [6.07, 6.45) is 1.89. The van der Waals surface area contributed by atoms with Gasteiger partial charge in [-0.05, 0) is 20.8 Å². The number of amides is 1. The van der Waals surface area contributed by atoms with Crippen LogP contribution >= 0.6 is 11.6 Å². The molecular weight excluding hydrogens is 320 g/mol. The lowest BCUT2D eigenvalue weighted by Crippen LogP contribution is -3.21. The van der Waals surface area contributed by atoms with Crippen LogP contribution in [0.1, 0.15) is 32.0 Å². The van der Waals surface area contributed by atoms with Crippen molar-refractivity contribution in [2.75, 3.05) is 19.7 Å². The first-order valence-electron chi connectivity index (χ1n) is 7.62. The molecule has 1 aromatic rings. The first-order valence-corrected chi connectivity index (χ1v) is 8.05. The fourth-order valence-electron chi connectivity index (χ4n) is 2.58. The topological polar surface area (TPSA) is 82.8 Å². The summed E-state index contributed by atoms with van der Waals surface area (Å²) in [7, 11) is 0. The smallest absolute Gasteiger partial charge is 0.179 e. The third kappa shape index (κ3) is 5.02. The van der Waals surface area contributed by atoms with E-state index in [0.717, 1.165) is 31.0 Å². The highest BCUT2D eigenvalue weighted by Gasteiger charge is 2.30. The van der Waals surface area contributed by atoms with E-state index in [-0.39, 0.29) is 5.56 Å². The van der Waals surface area contributed by atoms with Gasteiger partial charge in [0.15, 0.2) is 5.56 Å². The van der Waals surface area contributed by atoms with Crippen molar-refractivity contribution >= 4 is 17.7 Å². The number of alkyl halides is 1. The van der Waals surface area contributed by atoms with E-state index in [1.54, 1.807) is 6.20 Å². The number of carbonyl (C=O) groups is 1. The van der Waals surface area contributed by atoms with Crippen LogP contribution in [0.15, 0.2) is 12.5 Å². The summed E-state index contributed by atoms with van der Waals surface area (Å²) in [4.78, 5) is 20.9.